The van der Waals surface area contributed by atoms with Crippen LogP contribution >= 0.6 is 12.2 Å². The maximum Gasteiger partial charge on any atom is 0.213 e. The van der Waals surface area contributed by atoms with E-state index in [0.717, 1.165) is 5.57 Å². The summed E-state index contributed by atoms with van der Waals surface area (Å²) in [5.74, 6) is 0.625. The molecule has 0 fully saturated rings. The van der Waals surface area contributed by atoms with E-state index < -0.39 is 0 Å². The molecule has 1 rings (SSSR count). The molecule has 1 aromatic rings. The predicted octanol–water partition coefficient (Wildman–Crippen LogP) is 2.25. The van der Waals surface area contributed by atoms with E-state index in [4.69, 9.17) is 12.2 Å². The first-order valence-corrected chi connectivity index (χ1v) is 4.30. The Labute approximate surface area is 86.8 Å². The van der Waals surface area contributed by atoms with E-state index in [1.807, 2.05) is 0 Å². The molecule has 0 atom stereocenters. The van der Waals surface area contributed by atoms with Crippen molar-refractivity contribution in [1.29, 1.82) is 0 Å². The summed E-state index contributed by atoms with van der Waals surface area (Å²) in [5, 5.41) is 5.52. The van der Waals surface area contributed by atoms with Gasteiger partial charge in [0.15, 0.2) is 5.82 Å². The van der Waals surface area contributed by atoms with Crippen LogP contribution in [0.4, 0.5) is 0 Å². The quantitative estimate of drug-likeness (QED) is 0.451. The van der Waals surface area contributed by atoms with Crippen LogP contribution < -0.4 is 0 Å². The molecule has 72 valence electrons. The summed E-state index contributed by atoms with van der Waals surface area (Å²) < 4.78 is 0.405. The maximum absolute atomic E-state index is 4.83. The van der Waals surface area contributed by atoms with E-state index in [0.29, 0.717) is 10.6 Å². The van der Waals surface area contributed by atoms with Crippen LogP contribution in [0, 0.1) is 4.77 Å². The normalized spacial score (nSPS) is 11.9. The van der Waals surface area contributed by atoms with Gasteiger partial charge in [0.2, 0.25) is 4.77 Å². The average molecular weight is 206 g/mol. The molecule has 0 saturated heterocycles. The minimum Gasteiger partial charge on any atom is -0.282 e. The number of aromatic nitrogens is 3. The maximum atomic E-state index is 4.83. The zero-order chi connectivity index (χ0) is 10.4. The number of hydrogen-bond acceptors (Lipinski definition) is 3. The fourth-order valence-corrected chi connectivity index (χ4v) is 0.992. The molecule has 0 radical (unpaired) electrons. The highest BCUT2D eigenvalue weighted by atomic mass is 32.1. The minimum atomic E-state index is 0.405. The van der Waals surface area contributed by atoms with Crippen molar-refractivity contribution in [3.8, 4) is 0 Å². The van der Waals surface area contributed by atoms with Crippen LogP contribution in [-0.4, -0.2) is 21.4 Å². The average Bonchev–Trinajstić information content (AvgIpc) is 2.59. The van der Waals surface area contributed by atoms with Crippen molar-refractivity contribution in [3.63, 3.8) is 0 Å². The van der Waals surface area contributed by atoms with Crippen LogP contribution in [0.3, 0.4) is 0 Å². The Hall–Kier alpha value is -1.75. The summed E-state index contributed by atoms with van der Waals surface area (Å²) in [4.78, 5) is 7.94. The first-order valence-electron chi connectivity index (χ1n) is 3.89. The number of hydrogen-bond donors (Lipinski definition) is 2. The van der Waals surface area contributed by atoms with Gasteiger partial charge in [-0.05, 0) is 12.2 Å². The van der Waals surface area contributed by atoms with Gasteiger partial charge >= 0.3 is 0 Å². The summed E-state index contributed by atoms with van der Waals surface area (Å²) in [6, 6.07) is 0. The highest BCUT2D eigenvalue weighted by Gasteiger charge is 2.00. The van der Waals surface area contributed by atoms with Crippen LogP contribution in [0.2, 0.25) is 0 Å². The smallest absolute Gasteiger partial charge is 0.213 e. The number of aliphatic imine (C=N–C) groups is 1. The van der Waals surface area contributed by atoms with Gasteiger partial charge in [0.05, 0.1) is 0 Å². The Bertz CT molecular complexity index is 436. The van der Waals surface area contributed by atoms with Gasteiger partial charge in [0.1, 0.15) is 0 Å². The van der Waals surface area contributed by atoms with Crippen molar-refractivity contribution in [2.75, 3.05) is 0 Å². The molecule has 1 aromatic heterocycles. The van der Waals surface area contributed by atoms with E-state index in [9.17, 15) is 0 Å². The predicted molar refractivity (Wildman–Crippen MR) is 60.6 cm³/mol. The molecule has 0 aromatic carbocycles. The lowest BCUT2D eigenvalue weighted by Gasteiger charge is -1.92. The highest BCUT2D eigenvalue weighted by Crippen LogP contribution is 2.05. The van der Waals surface area contributed by atoms with E-state index in [2.05, 4.69) is 33.3 Å². The summed E-state index contributed by atoms with van der Waals surface area (Å²) in [7, 11) is 0. The summed E-state index contributed by atoms with van der Waals surface area (Å²) >= 11 is 4.83. The summed E-state index contributed by atoms with van der Waals surface area (Å²) in [5.41, 5.74) is 0.784. The zero-order valence-corrected chi connectivity index (χ0v) is 8.34. The number of nitrogens with zero attached hydrogens (tertiary/aromatic N) is 2. The second kappa shape index (κ2) is 5.08. The highest BCUT2D eigenvalue weighted by molar-refractivity contribution is 7.71. The van der Waals surface area contributed by atoms with Gasteiger partial charge < -0.3 is 0 Å². The molecule has 5 heteroatoms. The van der Waals surface area contributed by atoms with Crippen molar-refractivity contribution in [2.45, 2.75) is 0 Å². The fourth-order valence-electron chi connectivity index (χ4n) is 0.850. The van der Waals surface area contributed by atoms with Crippen LogP contribution in [0.5, 0.6) is 0 Å². The largest absolute Gasteiger partial charge is 0.282 e. The lowest BCUT2D eigenvalue weighted by molar-refractivity contribution is 1.07. The van der Waals surface area contributed by atoms with Crippen molar-refractivity contribution < 1.29 is 0 Å². The molecule has 0 amide bonds. The standard InChI is InChI=1S/C9H10N4S/c1-3-5-7(6-10-4-2)8-11-9(14)13-12-8/h3-6H,1-2H2,(H2,11,12,13,14)/b7-5+,10-6?. The van der Waals surface area contributed by atoms with Crippen LogP contribution in [0.25, 0.3) is 5.57 Å². The molecule has 1 heterocycles. The van der Waals surface area contributed by atoms with Crippen molar-refractivity contribution >= 4 is 24.0 Å². The van der Waals surface area contributed by atoms with Crippen LogP contribution in [0.1, 0.15) is 5.82 Å². The third-order valence-electron chi connectivity index (χ3n) is 1.39. The molecule has 0 aliphatic carbocycles. The number of nitrogens with one attached hydrogen (secondary N) is 2. The topological polar surface area (TPSA) is 56.8 Å². The van der Waals surface area contributed by atoms with Gasteiger partial charge in [-0.3, -0.25) is 15.2 Å². The molecule has 0 unspecified atom stereocenters. The van der Waals surface area contributed by atoms with Crippen molar-refractivity contribution in [2.24, 2.45) is 4.99 Å². The van der Waals surface area contributed by atoms with Gasteiger partial charge in [-0.15, -0.1) is 0 Å². The van der Waals surface area contributed by atoms with Crippen molar-refractivity contribution in [3.05, 3.63) is 42.1 Å². The summed E-state index contributed by atoms with van der Waals surface area (Å²) in [6.45, 7) is 7.08. The molecule has 0 saturated carbocycles. The molecule has 0 bridgehead atoms. The molecular formula is C9H10N4S. The number of allylic oxidation sites excluding steroid dienone is 3. The first-order chi connectivity index (χ1) is 6.77. The molecule has 14 heavy (non-hydrogen) atoms. The second-order valence-corrected chi connectivity index (χ2v) is 2.72. The van der Waals surface area contributed by atoms with Gasteiger partial charge in [-0.2, -0.15) is 4.98 Å². The Morgan fingerprint density at radius 1 is 1.43 bits per heavy atom. The Morgan fingerprint density at radius 2 is 2.21 bits per heavy atom. The molecule has 0 aliphatic rings. The van der Waals surface area contributed by atoms with Gasteiger partial charge in [-0.25, -0.2) is 0 Å². The molecule has 2 N–H and O–H groups in total. The number of rotatable bonds is 4. The summed E-state index contributed by atoms with van der Waals surface area (Å²) in [6.07, 6.45) is 6.48. The van der Waals surface area contributed by atoms with Crippen LogP contribution in [0.15, 0.2) is 36.5 Å². The second-order valence-electron chi connectivity index (χ2n) is 2.33. The number of aromatic amines is 2. The van der Waals surface area contributed by atoms with E-state index in [-0.39, 0.29) is 0 Å². The van der Waals surface area contributed by atoms with E-state index in [1.165, 1.54) is 6.20 Å². The first kappa shape index (κ1) is 10.3. The van der Waals surface area contributed by atoms with Gasteiger partial charge in [-0.1, -0.05) is 25.3 Å². The van der Waals surface area contributed by atoms with Crippen molar-refractivity contribution in [1.82, 2.24) is 15.2 Å². The Morgan fingerprint density at radius 3 is 2.71 bits per heavy atom. The third kappa shape index (κ3) is 2.63. The molecule has 0 spiro atoms. The monoisotopic (exact) mass is 206 g/mol. The van der Waals surface area contributed by atoms with Gasteiger partial charge in [0, 0.05) is 18.0 Å². The third-order valence-corrected chi connectivity index (χ3v) is 1.58. The zero-order valence-electron chi connectivity index (χ0n) is 7.53. The van der Waals surface area contributed by atoms with E-state index in [1.54, 1.807) is 18.4 Å². The molecule has 0 aliphatic heterocycles. The van der Waals surface area contributed by atoms with Gasteiger partial charge in [0.25, 0.3) is 0 Å². The lowest BCUT2D eigenvalue weighted by atomic mass is 10.2. The Kier molecular flexibility index (Phi) is 3.75. The lowest BCUT2D eigenvalue weighted by Crippen LogP contribution is -1.88. The molecule has 4 nitrogen and oxygen atoms in total. The SMILES string of the molecule is C=C/C=C(\C=NC=C)c1nc(=S)[nH][nH]1. The minimum absolute atomic E-state index is 0.405. The van der Waals surface area contributed by atoms with Crippen LogP contribution in [-0.2, 0) is 0 Å². The molecular weight excluding hydrogens is 196 g/mol. The fraction of sp³-hybridized carbons (Fsp3) is 0. The van der Waals surface area contributed by atoms with E-state index >= 15 is 0 Å². The number of H-pyrrole nitrogens is 2. The Balaban J connectivity index is 3.06.